The minimum absolute atomic E-state index is 0.466. The molecular weight excluding hydrogens is 160 g/mol. The van der Waals surface area contributed by atoms with Gasteiger partial charge in [0.15, 0.2) is 0 Å². The van der Waals surface area contributed by atoms with E-state index >= 15 is 0 Å². The fourth-order valence-corrected chi connectivity index (χ4v) is 1.76. The van der Waals surface area contributed by atoms with Crippen LogP contribution in [0.1, 0.15) is 5.56 Å². The molecule has 1 N–H and O–H groups in total. The molecule has 2 aromatic rings. The lowest BCUT2D eigenvalue weighted by atomic mass is 10.1. The number of aromatic nitrogens is 1. The van der Waals surface area contributed by atoms with Gasteiger partial charge in [-0.2, -0.15) is 0 Å². The lowest BCUT2D eigenvalue weighted by Crippen LogP contribution is -1.90. The van der Waals surface area contributed by atoms with E-state index in [0.29, 0.717) is 6.54 Å². The summed E-state index contributed by atoms with van der Waals surface area (Å²) >= 11 is 0. The predicted octanol–water partition coefficient (Wildman–Crippen LogP) is 2.00. The molecule has 67 valence electrons. The first kappa shape index (κ1) is 8.32. The van der Waals surface area contributed by atoms with Gasteiger partial charge >= 0.3 is 0 Å². The number of hydrogen-bond donors (Lipinski definition) is 0. The highest BCUT2D eigenvalue weighted by Gasteiger charge is 2.03. The van der Waals surface area contributed by atoms with E-state index < -0.39 is 0 Å². The summed E-state index contributed by atoms with van der Waals surface area (Å²) in [5.74, 6) is 0. The minimum Gasteiger partial charge on any atom is -0.350 e. The normalized spacial score (nSPS) is 10.9. The smallest absolute Gasteiger partial charge is 0.0480 e. The average Bonchev–Trinajstić information content (AvgIpc) is 2.46. The molecule has 0 saturated heterocycles. The molecule has 0 saturated carbocycles. The standard InChI is InChI=1S/C11H13N2/c1-13-8-9(6-7-12)10-4-2-3-5-11(10)13/h2-5,8,12H,6-7H2,1H3. The Morgan fingerprint density at radius 2 is 2.08 bits per heavy atom. The number of fused-ring (bicyclic) bond motifs is 1. The van der Waals surface area contributed by atoms with E-state index in [1.165, 1.54) is 16.5 Å². The summed E-state index contributed by atoms with van der Waals surface area (Å²) in [7, 11) is 2.05. The van der Waals surface area contributed by atoms with Crippen molar-refractivity contribution in [3.63, 3.8) is 0 Å². The molecule has 13 heavy (non-hydrogen) atoms. The molecule has 1 heterocycles. The maximum absolute atomic E-state index is 7.22. The van der Waals surface area contributed by atoms with Gasteiger partial charge < -0.3 is 4.57 Å². The second-order valence-electron chi connectivity index (χ2n) is 3.28. The molecule has 0 aliphatic heterocycles. The fraction of sp³-hybridized carbons (Fsp3) is 0.273. The molecule has 0 unspecified atom stereocenters. The van der Waals surface area contributed by atoms with Gasteiger partial charge in [-0.05, 0) is 18.1 Å². The van der Waals surface area contributed by atoms with Crippen molar-refractivity contribution >= 4 is 10.9 Å². The zero-order valence-electron chi connectivity index (χ0n) is 7.75. The third-order valence-electron chi connectivity index (χ3n) is 2.37. The largest absolute Gasteiger partial charge is 0.350 e. The van der Waals surface area contributed by atoms with Gasteiger partial charge in [0.2, 0.25) is 0 Å². The predicted molar refractivity (Wildman–Crippen MR) is 54.6 cm³/mol. The molecule has 1 radical (unpaired) electrons. The van der Waals surface area contributed by atoms with Crippen LogP contribution in [-0.2, 0) is 13.5 Å². The van der Waals surface area contributed by atoms with Crippen LogP contribution < -0.4 is 5.73 Å². The Balaban J connectivity index is 2.63. The van der Waals surface area contributed by atoms with Crippen LogP contribution in [0.25, 0.3) is 10.9 Å². The highest BCUT2D eigenvalue weighted by atomic mass is 14.9. The van der Waals surface area contributed by atoms with E-state index in [9.17, 15) is 0 Å². The molecule has 0 aliphatic carbocycles. The third-order valence-corrected chi connectivity index (χ3v) is 2.37. The lowest BCUT2D eigenvalue weighted by molar-refractivity contribution is 0.916. The highest BCUT2D eigenvalue weighted by molar-refractivity contribution is 5.83. The van der Waals surface area contributed by atoms with Crippen molar-refractivity contribution in [1.82, 2.24) is 10.3 Å². The first-order valence-corrected chi connectivity index (χ1v) is 4.50. The number of rotatable bonds is 2. The van der Waals surface area contributed by atoms with Crippen molar-refractivity contribution in [2.75, 3.05) is 6.54 Å². The molecule has 0 spiro atoms. The van der Waals surface area contributed by atoms with Gasteiger partial charge in [-0.1, -0.05) is 18.2 Å². The van der Waals surface area contributed by atoms with Crippen molar-refractivity contribution < 1.29 is 0 Å². The SMILES string of the molecule is Cn1cc(CC[NH])c2ccccc21. The molecule has 0 aliphatic rings. The number of para-hydroxylation sites is 1. The van der Waals surface area contributed by atoms with E-state index in [4.69, 9.17) is 5.73 Å². The molecule has 2 heteroatoms. The molecule has 0 atom stereocenters. The van der Waals surface area contributed by atoms with Gasteiger partial charge in [0.25, 0.3) is 0 Å². The van der Waals surface area contributed by atoms with Crippen LogP contribution in [0.5, 0.6) is 0 Å². The summed E-state index contributed by atoms with van der Waals surface area (Å²) in [5.41, 5.74) is 9.76. The second kappa shape index (κ2) is 3.23. The van der Waals surface area contributed by atoms with Crippen LogP contribution >= 0.6 is 0 Å². The van der Waals surface area contributed by atoms with E-state index in [-0.39, 0.29) is 0 Å². The summed E-state index contributed by atoms with van der Waals surface area (Å²) in [5, 5.41) is 1.29. The summed E-state index contributed by atoms with van der Waals surface area (Å²) in [6, 6.07) is 8.34. The number of hydrogen-bond acceptors (Lipinski definition) is 0. The maximum atomic E-state index is 7.22. The molecule has 1 aromatic heterocycles. The van der Waals surface area contributed by atoms with Gasteiger partial charge in [0.1, 0.15) is 0 Å². The first-order chi connectivity index (χ1) is 6.33. The highest BCUT2D eigenvalue weighted by Crippen LogP contribution is 2.20. The molecule has 2 nitrogen and oxygen atoms in total. The van der Waals surface area contributed by atoms with Crippen LogP contribution in [0, 0.1) is 0 Å². The van der Waals surface area contributed by atoms with Gasteiger partial charge in [-0.3, -0.25) is 5.73 Å². The zero-order chi connectivity index (χ0) is 9.26. The van der Waals surface area contributed by atoms with Crippen LogP contribution in [0.2, 0.25) is 0 Å². The van der Waals surface area contributed by atoms with E-state index in [2.05, 4.69) is 36.0 Å². The van der Waals surface area contributed by atoms with Gasteiger partial charge in [-0.15, -0.1) is 0 Å². The maximum Gasteiger partial charge on any atom is 0.0480 e. The number of nitrogens with one attached hydrogen (secondary N) is 1. The summed E-state index contributed by atoms with van der Waals surface area (Å²) in [6.07, 6.45) is 2.97. The summed E-state index contributed by atoms with van der Waals surface area (Å²) < 4.78 is 2.13. The topological polar surface area (TPSA) is 28.7 Å². The van der Waals surface area contributed by atoms with Crippen molar-refractivity contribution in [2.24, 2.45) is 7.05 Å². The van der Waals surface area contributed by atoms with Gasteiger partial charge in [0, 0.05) is 30.7 Å². The van der Waals surface area contributed by atoms with E-state index in [1.807, 2.05) is 6.07 Å². The van der Waals surface area contributed by atoms with E-state index in [1.54, 1.807) is 0 Å². The van der Waals surface area contributed by atoms with Crippen LogP contribution in [-0.4, -0.2) is 11.1 Å². The Morgan fingerprint density at radius 3 is 2.85 bits per heavy atom. The van der Waals surface area contributed by atoms with Crippen LogP contribution in [0.3, 0.4) is 0 Å². The second-order valence-corrected chi connectivity index (χ2v) is 3.28. The first-order valence-electron chi connectivity index (χ1n) is 4.50. The Kier molecular flexibility index (Phi) is 2.07. The average molecular weight is 173 g/mol. The summed E-state index contributed by atoms with van der Waals surface area (Å²) in [4.78, 5) is 0. The van der Waals surface area contributed by atoms with Crippen molar-refractivity contribution in [2.45, 2.75) is 6.42 Å². The van der Waals surface area contributed by atoms with Crippen molar-refractivity contribution in [3.8, 4) is 0 Å². The number of benzene rings is 1. The minimum atomic E-state index is 0.466. The van der Waals surface area contributed by atoms with Crippen LogP contribution in [0.4, 0.5) is 0 Å². The Bertz CT molecular complexity index is 415. The van der Waals surface area contributed by atoms with Crippen molar-refractivity contribution in [1.29, 1.82) is 0 Å². The van der Waals surface area contributed by atoms with Gasteiger partial charge in [0.05, 0.1) is 0 Å². The Morgan fingerprint density at radius 1 is 1.31 bits per heavy atom. The molecule has 0 bridgehead atoms. The van der Waals surface area contributed by atoms with Gasteiger partial charge in [-0.25, -0.2) is 0 Å². The molecular formula is C11H13N2. The molecule has 0 fully saturated rings. The monoisotopic (exact) mass is 173 g/mol. The molecule has 2 rings (SSSR count). The quantitative estimate of drug-likeness (QED) is 0.664. The number of aryl methyl sites for hydroxylation is 1. The van der Waals surface area contributed by atoms with Crippen LogP contribution in [0.15, 0.2) is 30.5 Å². The Labute approximate surface area is 78.0 Å². The Hall–Kier alpha value is -1.28. The summed E-state index contributed by atoms with van der Waals surface area (Å²) in [6.45, 7) is 0.466. The number of nitrogens with zero attached hydrogens (tertiary/aromatic N) is 1. The van der Waals surface area contributed by atoms with Crippen molar-refractivity contribution in [3.05, 3.63) is 36.0 Å². The molecule has 0 amide bonds. The van der Waals surface area contributed by atoms with E-state index in [0.717, 1.165) is 6.42 Å². The molecule has 1 aromatic carbocycles. The zero-order valence-corrected chi connectivity index (χ0v) is 7.75. The fourth-order valence-electron chi connectivity index (χ4n) is 1.76. The third kappa shape index (κ3) is 1.33. The lowest BCUT2D eigenvalue weighted by Gasteiger charge is -1.94.